The number of esters is 1. The summed E-state index contributed by atoms with van der Waals surface area (Å²) in [5, 5.41) is 7.31. The van der Waals surface area contributed by atoms with Gasteiger partial charge in [0.2, 0.25) is 0 Å². The fourth-order valence-corrected chi connectivity index (χ4v) is 0.708. The third kappa shape index (κ3) is 1.74. The second-order valence-electron chi connectivity index (χ2n) is 2.66. The maximum Gasteiger partial charge on any atom is 0.360 e. The minimum atomic E-state index is -0.880. The lowest BCUT2D eigenvalue weighted by atomic mass is 10.3. The van der Waals surface area contributed by atoms with Crippen molar-refractivity contribution in [3.8, 4) is 0 Å². The zero-order valence-electron chi connectivity index (χ0n) is 6.70. The zero-order chi connectivity index (χ0) is 8.48. The van der Waals surface area contributed by atoms with E-state index < -0.39 is 17.9 Å². The molecule has 0 N–H and O–H groups in total. The van der Waals surface area contributed by atoms with Crippen molar-refractivity contribution in [2.75, 3.05) is 7.11 Å². The van der Waals surface area contributed by atoms with E-state index in [4.69, 9.17) is 4.74 Å². The van der Waals surface area contributed by atoms with Crippen LogP contribution in [0.4, 0.5) is 0 Å². The van der Waals surface area contributed by atoms with Gasteiger partial charge < -0.3 is 9.47 Å². The Morgan fingerprint density at radius 1 is 1.64 bits per heavy atom. The van der Waals surface area contributed by atoms with Crippen molar-refractivity contribution in [1.82, 2.24) is 0 Å². The maximum atomic E-state index is 10.8. The highest BCUT2D eigenvalue weighted by Crippen LogP contribution is 2.22. The Labute approximate surface area is 64.4 Å². The number of azo groups is 1. The molecule has 1 atom stereocenters. The highest BCUT2D eigenvalue weighted by atomic mass is 16.6. The number of rotatable bonds is 1. The molecular weight excluding hydrogens is 148 g/mol. The van der Waals surface area contributed by atoms with Crippen molar-refractivity contribution in [3.63, 3.8) is 0 Å². The quantitative estimate of drug-likeness (QED) is 0.528. The van der Waals surface area contributed by atoms with Crippen molar-refractivity contribution >= 4 is 5.97 Å². The fraction of sp³-hybridized carbons (Fsp3) is 0.833. The third-order valence-electron chi connectivity index (χ3n) is 1.21. The van der Waals surface area contributed by atoms with Crippen LogP contribution < -0.4 is 0 Å². The molecule has 5 nitrogen and oxygen atoms in total. The first-order valence-electron chi connectivity index (χ1n) is 3.23. The molecule has 0 spiro atoms. The lowest BCUT2D eigenvalue weighted by Crippen LogP contribution is -2.27. The van der Waals surface area contributed by atoms with E-state index in [2.05, 4.69) is 15.0 Å². The molecular formula is C6H10N2O3. The highest BCUT2D eigenvalue weighted by molar-refractivity contribution is 5.74. The van der Waals surface area contributed by atoms with Crippen molar-refractivity contribution in [2.24, 2.45) is 10.2 Å². The molecule has 11 heavy (non-hydrogen) atoms. The Morgan fingerprint density at radius 3 is 2.64 bits per heavy atom. The first-order valence-corrected chi connectivity index (χ1v) is 3.23. The summed E-state index contributed by atoms with van der Waals surface area (Å²) in [6, 6.07) is 0. The number of carbonyl (C=O) groups is 1. The van der Waals surface area contributed by atoms with Crippen LogP contribution >= 0.6 is 0 Å². The third-order valence-corrected chi connectivity index (χ3v) is 1.21. The van der Waals surface area contributed by atoms with E-state index in [0.29, 0.717) is 0 Å². The number of carbonyl (C=O) groups excluding carboxylic acids is 1. The van der Waals surface area contributed by atoms with Gasteiger partial charge in [-0.25, -0.2) is 4.79 Å². The van der Waals surface area contributed by atoms with Crippen LogP contribution in [-0.2, 0) is 14.3 Å². The van der Waals surface area contributed by atoms with Crippen LogP contribution in [0.5, 0.6) is 0 Å². The van der Waals surface area contributed by atoms with Gasteiger partial charge in [0.05, 0.1) is 7.11 Å². The van der Waals surface area contributed by atoms with E-state index in [1.165, 1.54) is 7.11 Å². The second-order valence-corrected chi connectivity index (χ2v) is 2.66. The normalized spacial score (nSPS) is 27.0. The predicted molar refractivity (Wildman–Crippen MR) is 35.8 cm³/mol. The summed E-state index contributed by atoms with van der Waals surface area (Å²) in [5.74, 6) is -0.515. The van der Waals surface area contributed by atoms with Crippen LogP contribution in [0.3, 0.4) is 0 Å². The van der Waals surface area contributed by atoms with E-state index in [1.54, 1.807) is 13.8 Å². The monoisotopic (exact) mass is 158 g/mol. The lowest BCUT2D eigenvalue weighted by molar-refractivity contribution is -0.157. The first kappa shape index (κ1) is 8.13. The van der Waals surface area contributed by atoms with Gasteiger partial charge in [0.1, 0.15) is 0 Å². The minimum Gasteiger partial charge on any atom is -0.466 e. The SMILES string of the molecule is COC(=O)C1N=NC(C)(C)O1. The molecule has 62 valence electrons. The van der Waals surface area contributed by atoms with Gasteiger partial charge in [0, 0.05) is 0 Å². The van der Waals surface area contributed by atoms with Crippen LogP contribution in [0.15, 0.2) is 10.2 Å². The van der Waals surface area contributed by atoms with Gasteiger partial charge in [0.15, 0.2) is 5.72 Å². The molecule has 1 heterocycles. The average molecular weight is 158 g/mol. The lowest BCUT2D eigenvalue weighted by Gasteiger charge is -2.12. The number of hydrogen-bond acceptors (Lipinski definition) is 5. The van der Waals surface area contributed by atoms with Crippen LogP contribution in [0.2, 0.25) is 0 Å². The van der Waals surface area contributed by atoms with Gasteiger partial charge in [-0.05, 0) is 13.8 Å². The average Bonchev–Trinajstić information content (AvgIpc) is 2.29. The first-order chi connectivity index (χ1) is 5.05. The second kappa shape index (κ2) is 2.58. The van der Waals surface area contributed by atoms with Crippen LogP contribution in [-0.4, -0.2) is 25.0 Å². The summed E-state index contributed by atoms with van der Waals surface area (Å²) in [6.07, 6.45) is -0.880. The van der Waals surface area contributed by atoms with Gasteiger partial charge in [-0.15, -0.1) is 5.11 Å². The molecule has 0 saturated carbocycles. The van der Waals surface area contributed by atoms with Crippen LogP contribution in [0, 0.1) is 0 Å². The topological polar surface area (TPSA) is 60.2 Å². The molecule has 1 rings (SSSR count). The van der Waals surface area contributed by atoms with Crippen molar-refractivity contribution < 1.29 is 14.3 Å². The summed E-state index contributed by atoms with van der Waals surface area (Å²) in [5.41, 5.74) is -0.696. The molecule has 0 aromatic rings. The summed E-state index contributed by atoms with van der Waals surface area (Å²) in [4.78, 5) is 10.8. The molecule has 0 radical (unpaired) electrons. The van der Waals surface area contributed by atoms with E-state index in [0.717, 1.165) is 0 Å². The molecule has 0 amide bonds. The number of hydrogen-bond donors (Lipinski definition) is 0. The molecule has 0 bridgehead atoms. The van der Waals surface area contributed by atoms with Gasteiger partial charge in [-0.1, -0.05) is 0 Å². The molecule has 1 unspecified atom stereocenters. The Bertz CT molecular complexity index is 200. The summed E-state index contributed by atoms with van der Waals surface area (Å²) >= 11 is 0. The zero-order valence-corrected chi connectivity index (χ0v) is 6.70. The maximum absolute atomic E-state index is 10.8. The van der Waals surface area contributed by atoms with Crippen molar-refractivity contribution in [2.45, 2.75) is 25.8 Å². The van der Waals surface area contributed by atoms with E-state index in [1.807, 2.05) is 0 Å². The predicted octanol–water partition coefficient (Wildman–Crippen LogP) is 0.704. The summed E-state index contributed by atoms with van der Waals surface area (Å²) < 4.78 is 9.50. The van der Waals surface area contributed by atoms with E-state index >= 15 is 0 Å². The van der Waals surface area contributed by atoms with Crippen LogP contribution in [0.1, 0.15) is 13.8 Å². The van der Waals surface area contributed by atoms with E-state index in [-0.39, 0.29) is 0 Å². The van der Waals surface area contributed by atoms with Gasteiger partial charge >= 0.3 is 5.97 Å². The molecule has 5 heteroatoms. The Balaban J connectivity index is 2.57. The Hall–Kier alpha value is -0.970. The highest BCUT2D eigenvalue weighted by Gasteiger charge is 2.34. The van der Waals surface area contributed by atoms with E-state index in [9.17, 15) is 4.79 Å². The van der Waals surface area contributed by atoms with Gasteiger partial charge in [0.25, 0.3) is 6.23 Å². The number of methoxy groups -OCH3 is 1. The van der Waals surface area contributed by atoms with Gasteiger partial charge in [-0.2, -0.15) is 5.11 Å². The van der Waals surface area contributed by atoms with Gasteiger partial charge in [-0.3, -0.25) is 0 Å². The Morgan fingerprint density at radius 2 is 2.27 bits per heavy atom. The van der Waals surface area contributed by atoms with Crippen molar-refractivity contribution in [3.05, 3.63) is 0 Å². The molecule has 0 aromatic carbocycles. The molecule has 1 aliphatic heterocycles. The molecule has 0 aromatic heterocycles. The molecule has 1 aliphatic rings. The molecule has 0 fully saturated rings. The fourth-order valence-electron chi connectivity index (χ4n) is 0.708. The smallest absolute Gasteiger partial charge is 0.360 e. The summed E-state index contributed by atoms with van der Waals surface area (Å²) in [7, 11) is 1.28. The molecule has 0 saturated heterocycles. The molecule has 0 aliphatic carbocycles. The minimum absolute atomic E-state index is 0.515. The standard InChI is InChI=1S/C6H10N2O3/c1-6(2)8-7-4(11-6)5(9)10-3/h4H,1-3H3. The van der Waals surface area contributed by atoms with Crippen molar-refractivity contribution in [1.29, 1.82) is 0 Å². The largest absolute Gasteiger partial charge is 0.466 e. The Kier molecular flexibility index (Phi) is 1.90. The number of ether oxygens (including phenoxy) is 2. The summed E-state index contributed by atoms with van der Waals surface area (Å²) in [6.45, 7) is 3.44. The van der Waals surface area contributed by atoms with Crippen LogP contribution in [0.25, 0.3) is 0 Å². The number of nitrogens with zero attached hydrogens (tertiary/aromatic N) is 2.